The van der Waals surface area contributed by atoms with E-state index in [1.54, 1.807) is 23.6 Å². The lowest BCUT2D eigenvalue weighted by molar-refractivity contribution is 0.946. The lowest BCUT2D eigenvalue weighted by Gasteiger charge is -2.03. The smallest absolute Gasteiger partial charge is 0.283 e. The van der Waals surface area contributed by atoms with Crippen LogP contribution in [0, 0.1) is 0 Å². The predicted octanol–water partition coefficient (Wildman–Crippen LogP) is 3.72. The molecule has 0 atom stereocenters. The second kappa shape index (κ2) is 5.72. The number of hydrogen-bond donors (Lipinski definition) is 1. The third kappa shape index (κ3) is 2.31. The number of nitrogens with two attached hydrogens (primary N) is 1. The Balaban J connectivity index is 1.69. The summed E-state index contributed by atoms with van der Waals surface area (Å²) in [6, 6.07) is 11.7. The van der Waals surface area contributed by atoms with Gasteiger partial charge in [0, 0.05) is 17.4 Å². The van der Waals surface area contributed by atoms with Crippen LogP contribution in [0.25, 0.3) is 26.5 Å². The lowest BCUT2D eigenvalue weighted by atomic mass is 10.1. The Hall–Kier alpha value is -3.10. The maximum absolute atomic E-state index is 12.5. The maximum Gasteiger partial charge on any atom is 0.283 e. The second-order valence-electron chi connectivity index (χ2n) is 5.67. The SMILES string of the molecule is Nc1c(C=C2C=Nc3ccccc32)c(=O)nc2sc(-c3cccs3)nn12. The Kier molecular flexibility index (Phi) is 3.34. The van der Waals surface area contributed by atoms with Gasteiger partial charge in [0.2, 0.25) is 4.96 Å². The minimum absolute atomic E-state index is 0.282. The molecule has 0 amide bonds. The first-order valence-corrected chi connectivity index (χ1v) is 9.49. The van der Waals surface area contributed by atoms with Gasteiger partial charge in [0.15, 0.2) is 5.01 Å². The van der Waals surface area contributed by atoms with Gasteiger partial charge in [0.1, 0.15) is 5.82 Å². The molecule has 0 unspecified atom stereocenters. The minimum Gasteiger partial charge on any atom is -0.383 e. The molecule has 126 valence electrons. The molecule has 0 saturated carbocycles. The lowest BCUT2D eigenvalue weighted by Crippen LogP contribution is -2.16. The average molecular weight is 377 g/mol. The van der Waals surface area contributed by atoms with E-state index in [2.05, 4.69) is 15.1 Å². The molecule has 4 aromatic rings. The van der Waals surface area contributed by atoms with E-state index < -0.39 is 0 Å². The average Bonchev–Trinajstić information content (AvgIpc) is 3.37. The Bertz CT molecular complexity index is 1260. The summed E-state index contributed by atoms with van der Waals surface area (Å²) in [6.07, 6.45) is 3.47. The van der Waals surface area contributed by atoms with E-state index in [9.17, 15) is 4.79 Å². The van der Waals surface area contributed by atoms with Gasteiger partial charge in [-0.1, -0.05) is 35.6 Å². The number of hydrogen-bond acceptors (Lipinski definition) is 7. The van der Waals surface area contributed by atoms with Crippen molar-refractivity contribution < 1.29 is 0 Å². The van der Waals surface area contributed by atoms with Crippen LogP contribution in [0.1, 0.15) is 11.1 Å². The number of allylic oxidation sites excluding steroid dienone is 1. The summed E-state index contributed by atoms with van der Waals surface area (Å²) >= 11 is 2.93. The van der Waals surface area contributed by atoms with E-state index >= 15 is 0 Å². The first-order valence-electron chi connectivity index (χ1n) is 7.79. The summed E-state index contributed by atoms with van der Waals surface area (Å²) in [4.78, 5) is 22.6. The van der Waals surface area contributed by atoms with Crippen molar-refractivity contribution in [1.29, 1.82) is 0 Å². The fourth-order valence-corrected chi connectivity index (χ4v) is 4.52. The van der Waals surface area contributed by atoms with Crippen molar-refractivity contribution in [2.75, 3.05) is 5.73 Å². The summed E-state index contributed by atoms with van der Waals surface area (Å²) in [7, 11) is 0. The predicted molar refractivity (Wildman–Crippen MR) is 107 cm³/mol. The van der Waals surface area contributed by atoms with E-state index in [4.69, 9.17) is 5.73 Å². The Morgan fingerprint density at radius 3 is 2.88 bits per heavy atom. The number of fused-ring (bicyclic) bond motifs is 2. The van der Waals surface area contributed by atoms with E-state index in [0.717, 1.165) is 26.7 Å². The summed E-state index contributed by atoms with van der Waals surface area (Å²) < 4.78 is 1.53. The van der Waals surface area contributed by atoms with Crippen LogP contribution < -0.4 is 11.3 Å². The number of anilines is 1. The zero-order chi connectivity index (χ0) is 17.7. The molecule has 0 bridgehead atoms. The summed E-state index contributed by atoms with van der Waals surface area (Å²) in [6.45, 7) is 0. The zero-order valence-electron chi connectivity index (χ0n) is 13.3. The molecule has 0 fully saturated rings. The fraction of sp³-hybridized carbons (Fsp3) is 0. The minimum atomic E-state index is -0.367. The van der Waals surface area contributed by atoms with Crippen molar-refractivity contribution >= 4 is 57.0 Å². The molecule has 0 saturated heterocycles. The number of benzene rings is 1. The summed E-state index contributed by atoms with van der Waals surface area (Å²) in [5.41, 5.74) is 8.90. The highest BCUT2D eigenvalue weighted by atomic mass is 32.1. The van der Waals surface area contributed by atoms with Crippen LogP contribution in [-0.4, -0.2) is 20.8 Å². The number of nitrogen functional groups attached to an aromatic ring is 1. The highest BCUT2D eigenvalue weighted by Crippen LogP contribution is 2.33. The van der Waals surface area contributed by atoms with E-state index in [1.807, 2.05) is 41.8 Å². The largest absolute Gasteiger partial charge is 0.383 e. The van der Waals surface area contributed by atoms with Crippen LogP contribution in [0.4, 0.5) is 11.5 Å². The Morgan fingerprint density at radius 1 is 1.15 bits per heavy atom. The van der Waals surface area contributed by atoms with Gasteiger partial charge in [0.05, 0.1) is 16.1 Å². The number of rotatable bonds is 2. The molecule has 4 heterocycles. The number of aliphatic imine (C=N–C) groups is 1. The molecule has 26 heavy (non-hydrogen) atoms. The van der Waals surface area contributed by atoms with Gasteiger partial charge in [-0.05, 0) is 23.6 Å². The van der Waals surface area contributed by atoms with Gasteiger partial charge in [-0.25, -0.2) is 0 Å². The van der Waals surface area contributed by atoms with Gasteiger partial charge in [0.25, 0.3) is 5.56 Å². The van der Waals surface area contributed by atoms with Crippen LogP contribution in [0.3, 0.4) is 0 Å². The molecule has 1 aliphatic rings. The monoisotopic (exact) mass is 377 g/mol. The van der Waals surface area contributed by atoms with Gasteiger partial charge < -0.3 is 5.73 Å². The molecule has 5 rings (SSSR count). The Morgan fingerprint density at radius 2 is 2.04 bits per heavy atom. The quantitative estimate of drug-likeness (QED) is 0.577. The van der Waals surface area contributed by atoms with E-state index in [0.29, 0.717) is 10.5 Å². The number of aromatic nitrogens is 3. The molecule has 8 heteroatoms. The second-order valence-corrected chi connectivity index (χ2v) is 7.57. The van der Waals surface area contributed by atoms with Crippen molar-refractivity contribution in [3.05, 3.63) is 63.3 Å². The molecule has 1 aliphatic heterocycles. The third-order valence-electron chi connectivity index (χ3n) is 4.08. The molecule has 2 N–H and O–H groups in total. The van der Waals surface area contributed by atoms with Crippen LogP contribution in [0.2, 0.25) is 0 Å². The van der Waals surface area contributed by atoms with Crippen molar-refractivity contribution in [3.8, 4) is 9.88 Å². The van der Waals surface area contributed by atoms with Gasteiger partial charge >= 0.3 is 0 Å². The van der Waals surface area contributed by atoms with Gasteiger partial charge in [-0.2, -0.15) is 14.6 Å². The highest BCUT2D eigenvalue weighted by molar-refractivity contribution is 7.23. The molecule has 0 aliphatic carbocycles. The van der Waals surface area contributed by atoms with Crippen LogP contribution in [0.5, 0.6) is 0 Å². The normalized spacial score (nSPS) is 14.4. The van der Waals surface area contributed by atoms with Crippen molar-refractivity contribution in [2.45, 2.75) is 0 Å². The molecular weight excluding hydrogens is 366 g/mol. The van der Waals surface area contributed by atoms with Crippen molar-refractivity contribution in [2.24, 2.45) is 4.99 Å². The van der Waals surface area contributed by atoms with Crippen molar-refractivity contribution in [3.63, 3.8) is 0 Å². The van der Waals surface area contributed by atoms with Crippen LogP contribution in [-0.2, 0) is 0 Å². The molecule has 6 nitrogen and oxygen atoms in total. The van der Waals surface area contributed by atoms with E-state index in [-0.39, 0.29) is 11.4 Å². The molecular formula is C18H11N5OS2. The molecule has 1 aromatic carbocycles. The van der Waals surface area contributed by atoms with Gasteiger partial charge in [-0.15, -0.1) is 11.3 Å². The van der Waals surface area contributed by atoms with Gasteiger partial charge in [-0.3, -0.25) is 9.79 Å². The maximum atomic E-state index is 12.5. The third-order valence-corrected chi connectivity index (χ3v) is 6.03. The van der Waals surface area contributed by atoms with Crippen molar-refractivity contribution in [1.82, 2.24) is 14.6 Å². The topological polar surface area (TPSA) is 85.6 Å². The molecule has 0 spiro atoms. The fourth-order valence-electron chi connectivity index (χ4n) is 2.83. The zero-order valence-corrected chi connectivity index (χ0v) is 14.9. The first kappa shape index (κ1) is 15.2. The van der Waals surface area contributed by atoms with Crippen LogP contribution >= 0.6 is 22.7 Å². The summed E-state index contributed by atoms with van der Waals surface area (Å²) in [5, 5.41) is 7.30. The van der Waals surface area contributed by atoms with Crippen LogP contribution in [0.15, 0.2) is 51.6 Å². The highest BCUT2D eigenvalue weighted by Gasteiger charge is 2.17. The molecule has 0 radical (unpaired) electrons. The molecule has 3 aromatic heterocycles. The number of nitrogens with zero attached hydrogens (tertiary/aromatic N) is 4. The standard InChI is InChI=1S/C18H11N5OS2/c19-15-12(8-10-9-20-13-5-2-1-4-11(10)13)16(24)21-18-23(15)22-17(26-18)14-6-3-7-25-14/h1-9H,19H2. The summed E-state index contributed by atoms with van der Waals surface area (Å²) in [5.74, 6) is 0.282. The number of thiophene rings is 1. The van der Waals surface area contributed by atoms with E-state index in [1.165, 1.54) is 15.9 Å². The number of para-hydroxylation sites is 1. The Labute approximate surface area is 155 Å². The first-order chi connectivity index (χ1) is 12.7.